The molecule has 1 aromatic heterocycles. The number of carboxylic acids is 1. The van der Waals surface area contributed by atoms with E-state index in [0.717, 1.165) is 12.8 Å². The Balaban J connectivity index is 1.43. The molecule has 2 N–H and O–H groups in total. The fourth-order valence-electron chi connectivity index (χ4n) is 4.48. The Kier molecular flexibility index (Phi) is 6.63. The van der Waals surface area contributed by atoms with Gasteiger partial charge < -0.3 is 20.2 Å². The number of hydrogen-bond donors (Lipinski definition) is 2. The summed E-state index contributed by atoms with van der Waals surface area (Å²) < 4.78 is 0. The Morgan fingerprint density at radius 3 is 2.25 bits per heavy atom. The number of benzene rings is 1. The average molecular weight is 438 g/mol. The van der Waals surface area contributed by atoms with Gasteiger partial charge in [-0.1, -0.05) is 25.0 Å². The topological polar surface area (TPSA) is 116 Å². The van der Waals surface area contributed by atoms with Crippen molar-refractivity contribution in [2.45, 2.75) is 25.7 Å². The van der Waals surface area contributed by atoms with Crippen molar-refractivity contribution in [3.63, 3.8) is 0 Å². The summed E-state index contributed by atoms with van der Waals surface area (Å²) in [5.41, 5.74) is 0.832. The summed E-state index contributed by atoms with van der Waals surface area (Å²) in [5, 5.41) is 12.3. The summed E-state index contributed by atoms with van der Waals surface area (Å²) in [6.07, 6.45) is 6.08. The van der Waals surface area contributed by atoms with Crippen molar-refractivity contribution in [1.29, 1.82) is 0 Å². The number of hydrogen-bond acceptors (Lipinski definition) is 6. The van der Waals surface area contributed by atoms with Gasteiger partial charge in [-0.3, -0.25) is 14.4 Å². The molecule has 1 saturated carbocycles. The Morgan fingerprint density at radius 2 is 1.56 bits per heavy atom. The molecule has 2 amide bonds. The highest BCUT2D eigenvalue weighted by molar-refractivity contribution is 6.04. The van der Waals surface area contributed by atoms with Crippen LogP contribution >= 0.6 is 0 Å². The Bertz CT molecular complexity index is 975. The van der Waals surface area contributed by atoms with Crippen LogP contribution in [0.2, 0.25) is 0 Å². The Hall–Kier alpha value is -3.49. The van der Waals surface area contributed by atoms with Crippen LogP contribution in [0.15, 0.2) is 42.7 Å². The van der Waals surface area contributed by atoms with Crippen molar-refractivity contribution in [2.75, 3.05) is 36.4 Å². The largest absolute Gasteiger partial charge is 0.481 e. The van der Waals surface area contributed by atoms with Crippen molar-refractivity contribution in [2.24, 2.45) is 11.8 Å². The molecule has 1 saturated heterocycles. The van der Waals surface area contributed by atoms with Gasteiger partial charge in [-0.2, -0.15) is 0 Å². The second kappa shape index (κ2) is 9.76. The molecule has 1 aliphatic carbocycles. The molecule has 168 valence electrons. The maximum Gasteiger partial charge on any atom is 0.307 e. The molecular formula is C23H27N5O4. The van der Waals surface area contributed by atoms with E-state index in [1.165, 1.54) is 0 Å². The van der Waals surface area contributed by atoms with Crippen LogP contribution in [0, 0.1) is 11.8 Å². The van der Waals surface area contributed by atoms with Gasteiger partial charge in [-0.15, -0.1) is 0 Å². The number of rotatable bonds is 5. The highest BCUT2D eigenvalue weighted by atomic mass is 16.4. The molecule has 9 heteroatoms. The summed E-state index contributed by atoms with van der Waals surface area (Å²) >= 11 is 0. The maximum absolute atomic E-state index is 13.2. The molecular weight excluding hydrogens is 410 g/mol. The lowest BCUT2D eigenvalue weighted by atomic mass is 9.78. The van der Waals surface area contributed by atoms with Crippen LogP contribution in [0.5, 0.6) is 0 Å². The van der Waals surface area contributed by atoms with Gasteiger partial charge in [-0.25, -0.2) is 9.97 Å². The minimum atomic E-state index is -0.936. The van der Waals surface area contributed by atoms with Crippen LogP contribution < -0.4 is 10.2 Å². The fourth-order valence-corrected chi connectivity index (χ4v) is 4.48. The average Bonchev–Trinajstić information content (AvgIpc) is 2.84. The van der Waals surface area contributed by atoms with E-state index in [0.29, 0.717) is 56.2 Å². The van der Waals surface area contributed by atoms with E-state index in [2.05, 4.69) is 15.3 Å². The molecule has 2 heterocycles. The third kappa shape index (κ3) is 4.71. The maximum atomic E-state index is 13.2. The van der Waals surface area contributed by atoms with Gasteiger partial charge in [-0.05, 0) is 31.0 Å². The molecule has 2 fully saturated rings. The van der Waals surface area contributed by atoms with Gasteiger partial charge in [0.05, 0.1) is 23.1 Å². The van der Waals surface area contributed by atoms with E-state index in [4.69, 9.17) is 0 Å². The van der Waals surface area contributed by atoms with E-state index in [-0.39, 0.29) is 11.8 Å². The summed E-state index contributed by atoms with van der Waals surface area (Å²) in [6.45, 7) is 2.27. The number of piperazine rings is 1. The van der Waals surface area contributed by atoms with E-state index in [1.54, 1.807) is 47.6 Å². The van der Waals surface area contributed by atoms with Crippen molar-refractivity contribution < 1.29 is 19.5 Å². The zero-order valence-electron chi connectivity index (χ0n) is 17.8. The van der Waals surface area contributed by atoms with Gasteiger partial charge in [0.1, 0.15) is 0 Å². The third-order valence-corrected chi connectivity index (χ3v) is 6.24. The van der Waals surface area contributed by atoms with Gasteiger partial charge in [0.15, 0.2) is 0 Å². The standard InChI is InChI=1S/C23H27N5O4/c29-20(16-6-1-2-7-17(16)22(31)32)26-19-9-4-3-8-18(19)21(30)27-12-14-28(15-13-27)23-24-10-5-11-25-23/h3-5,8-11,16-17H,1-2,6-7,12-15H2,(H,26,29)(H,31,32)/t16-,17+/m0/s1. The monoisotopic (exact) mass is 437 g/mol. The van der Waals surface area contributed by atoms with Gasteiger partial charge >= 0.3 is 5.97 Å². The summed E-state index contributed by atoms with van der Waals surface area (Å²) in [4.78, 5) is 50.0. The number of para-hydroxylation sites is 1. The minimum absolute atomic E-state index is 0.159. The lowest BCUT2D eigenvalue weighted by Gasteiger charge is -2.35. The highest BCUT2D eigenvalue weighted by Crippen LogP contribution is 2.32. The smallest absolute Gasteiger partial charge is 0.307 e. The van der Waals surface area contributed by atoms with Gasteiger partial charge in [0.25, 0.3) is 5.91 Å². The van der Waals surface area contributed by atoms with Crippen LogP contribution in [-0.2, 0) is 9.59 Å². The molecule has 1 aliphatic heterocycles. The molecule has 4 rings (SSSR count). The second-order valence-electron chi connectivity index (χ2n) is 8.20. The summed E-state index contributed by atoms with van der Waals surface area (Å²) in [6, 6.07) is 8.67. The molecule has 2 aliphatic rings. The van der Waals surface area contributed by atoms with Gasteiger partial charge in [0.2, 0.25) is 11.9 Å². The molecule has 9 nitrogen and oxygen atoms in total. The number of nitrogens with one attached hydrogen (secondary N) is 1. The third-order valence-electron chi connectivity index (χ3n) is 6.24. The molecule has 32 heavy (non-hydrogen) atoms. The molecule has 0 spiro atoms. The zero-order chi connectivity index (χ0) is 22.5. The first-order chi connectivity index (χ1) is 15.5. The van der Waals surface area contributed by atoms with Crippen LogP contribution in [-0.4, -0.2) is 63.9 Å². The minimum Gasteiger partial charge on any atom is -0.481 e. The van der Waals surface area contributed by atoms with Crippen molar-refractivity contribution >= 4 is 29.4 Å². The van der Waals surface area contributed by atoms with E-state index in [9.17, 15) is 19.5 Å². The normalized spacial score (nSPS) is 21.1. The van der Waals surface area contributed by atoms with Crippen molar-refractivity contribution in [3.05, 3.63) is 48.3 Å². The number of amides is 2. The number of carbonyl (C=O) groups excluding carboxylic acids is 2. The predicted octanol–water partition coefficient (Wildman–Crippen LogP) is 2.27. The van der Waals surface area contributed by atoms with Gasteiger partial charge in [0, 0.05) is 38.6 Å². The fraction of sp³-hybridized carbons (Fsp3) is 0.435. The lowest BCUT2D eigenvalue weighted by molar-refractivity contribution is -0.147. The second-order valence-corrected chi connectivity index (χ2v) is 8.20. The molecule has 0 unspecified atom stereocenters. The Morgan fingerprint density at radius 1 is 0.906 bits per heavy atom. The molecule has 2 atom stereocenters. The van der Waals surface area contributed by atoms with Crippen molar-refractivity contribution in [1.82, 2.24) is 14.9 Å². The number of carboxylic acid groups (broad SMARTS) is 1. The Labute approximate surface area is 186 Å². The first kappa shape index (κ1) is 21.7. The first-order valence-corrected chi connectivity index (χ1v) is 11.0. The molecule has 2 aromatic rings. The van der Waals surface area contributed by atoms with Crippen LogP contribution in [0.25, 0.3) is 0 Å². The number of carbonyl (C=O) groups is 3. The quantitative estimate of drug-likeness (QED) is 0.737. The predicted molar refractivity (Wildman–Crippen MR) is 118 cm³/mol. The number of aromatic nitrogens is 2. The summed E-state index contributed by atoms with van der Waals surface area (Å²) in [7, 11) is 0. The summed E-state index contributed by atoms with van der Waals surface area (Å²) in [5.74, 6) is -2.04. The first-order valence-electron chi connectivity index (χ1n) is 11.0. The number of anilines is 2. The van der Waals surface area contributed by atoms with E-state index in [1.807, 2.05) is 4.90 Å². The number of aliphatic carboxylic acids is 1. The number of nitrogens with zero attached hydrogens (tertiary/aromatic N) is 4. The molecule has 0 bridgehead atoms. The highest BCUT2D eigenvalue weighted by Gasteiger charge is 2.36. The van der Waals surface area contributed by atoms with Crippen LogP contribution in [0.1, 0.15) is 36.0 Å². The lowest BCUT2D eigenvalue weighted by Crippen LogP contribution is -2.49. The van der Waals surface area contributed by atoms with Crippen LogP contribution in [0.4, 0.5) is 11.6 Å². The molecule has 1 aromatic carbocycles. The zero-order valence-corrected chi connectivity index (χ0v) is 17.8. The van der Waals surface area contributed by atoms with E-state index >= 15 is 0 Å². The van der Waals surface area contributed by atoms with Crippen LogP contribution in [0.3, 0.4) is 0 Å². The molecule has 0 radical (unpaired) electrons. The van der Waals surface area contributed by atoms with Crippen molar-refractivity contribution in [3.8, 4) is 0 Å². The SMILES string of the molecule is O=C(Nc1ccccc1C(=O)N1CCN(c2ncccn2)CC1)[C@H]1CCCC[C@H]1C(=O)O. The van der Waals surface area contributed by atoms with E-state index < -0.39 is 17.8 Å².